The third-order valence-electron chi connectivity index (χ3n) is 3.41. The molecule has 0 saturated heterocycles. The number of halogens is 1. The van der Waals surface area contributed by atoms with Crippen molar-refractivity contribution >= 4 is 50.6 Å². The lowest BCUT2D eigenvalue weighted by atomic mass is 10.1. The van der Waals surface area contributed by atoms with Crippen molar-refractivity contribution in [2.75, 3.05) is 11.9 Å². The molecular formula is C18H18BrNO4S. The van der Waals surface area contributed by atoms with Gasteiger partial charge in [0.1, 0.15) is 0 Å². The number of Topliss-reactive ketones (excluding diaryl/α,β-unsaturated/α-hetero) is 1. The van der Waals surface area contributed by atoms with Crippen LogP contribution in [0.25, 0.3) is 0 Å². The maximum absolute atomic E-state index is 12.1. The average Bonchev–Trinajstić information content (AvgIpc) is 2.91. The number of aryl methyl sites for hydroxylation is 2. The average molecular weight is 424 g/mol. The number of para-hydroxylation sites is 1. The van der Waals surface area contributed by atoms with Crippen molar-refractivity contribution in [3.8, 4) is 0 Å². The number of carbonyl (C=O) groups excluding carboxylic acids is 3. The number of esters is 1. The zero-order valence-electron chi connectivity index (χ0n) is 13.9. The summed E-state index contributed by atoms with van der Waals surface area (Å²) < 4.78 is 5.66. The summed E-state index contributed by atoms with van der Waals surface area (Å²) in [6, 6.07) is 8.97. The largest absolute Gasteiger partial charge is 0.456 e. The number of anilines is 1. The van der Waals surface area contributed by atoms with Crippen molar-refractivity contribution in [1.82, 2.24) is 0 Å². The Labute approximate surface area is 158 Å². The number of rotatable bonds is 7. The highest BCUT2D eigenvalue weighted by atomic mass is 79.9. The molecule has 0 atom stereocenters. The van der Waals surface area contributed by atoms with E-state index in [1.807, 2.05) is 26.0 Å². The Bertz CT molecular complexity index is 800. The van der Waals surface area contributed by atoms with E-state index >= 15 is 0 Å². The molecule has 0 radical (unpaired) electrons. The van der Waals surface area contributed by atoms with Gasteiger partial charge in [-0.2, -0.15) is 0 Å². The van der Waals surface area contributed by atoms with E-state index < -0.39 is 11.9 Å². The molecule has 1 aromatic carbocycles. The molecule has 0 saturated carbocycles. The van der Waals surface area contributed by atoms with E-state index in [2.05, 4.69) is 21.2 Å². The molecule has 2 aromatic rings. The molecule has 132 valence electrons. The van der Waals surface area contributed by atoms with Crippen LogP contribution < -0.4 is 5.32 Å². The van der Waals surface area contributed by atoms with E-state index in [0.29, 0.717) is 11.3 Å². The van der Waals surface area contributed by atoms with Crippen molar-refractivity contribution in [2.24, 2.45) is 0 Å². The minimum absolute atomic E-state index is 0.0462. The Morgan fingerprint density at radius 1 is 1.16 bits per heavy atom. The summed E-state index contributed by atoms with van der Waals surface area (Å²) in [5.74, 6) is -1.09. The predicted octanol–water partition coefficient (Wildman–Crippen LogP) is 4.27. The fourth-order valence-electron chi connectivity index (χ4n) is 2.22. The Morgan fingerprint density at radius 3 is 2.52 bits per heavy atom. The third kappa shape index (κ3) is 5.79. The van der Waals surface area contributed by atoms with Crippen molar-refractivity contribution in [2.45, 2.75) is 26.7 Å². The van der Waals surface area contributed by atoms with E-state index in [1.165, 1.54) is 0 Å². The van der Waals surface area contributed by atoms with Gasteiger partial charge in [0.25, 0.3) is 5.91 Å². The van der Waals surface area contributed by atoms with Crippen LogP contribution >= 0.6 is 27.3 Å². The molecule has 0 bridgehead atoms. The first-order valence-corrected chi connectivity index (χ1v) is 9.28. The van der Waals surface area contributed by atoms with E-state index in [1.54, 1.807) is 29.5 Å². The molecule has 0 aliphatic heterocycles. The second kappa shape index (κ2) is 8.92. The molecule has 1 N–H and O–H groups in total. The molecule has 2 rings (SSSR count). The van der Waals surface area contributed by atoms with Crippen LogP contribution in [0.2, 0.25) is 0 Å². The highest BCUT2D eigenvalue weighted by Crippen LogP contribution is 2.22. The summed E-state index contributed by atoms with van der Waals surface area (Å²) in [6.45, 7) is 3.44. The van der Waals surface area contributed by atoms with E-state index in [9.17, 15) is 14.4 Å². The standard InChI is InChI=1S/C18H18BrNO4S/c1-11-9-13(12(2)25-11)16(21)7-8-18(23)24-10-17(22)20-15-6-4-3-5-14(15)19/h3-6,9H,7-8,10H2,1-2H3,(H,20,22). The van der Waals surface area contributed by atoms with Crippen molar-refractivity contribution in [1.29, 1.82) is 0 Å². The summed E-state index contributed by atoms with van der Waals surface area (Å²) in [5, 5.41) is 2.64. The Hall–Kier alpha value is -1.99. The van der Waals surface area contributed by atoms with Crippen LogP contribution in [0.4, 0.5) is 5.69 Å². The van der Waals surface area contributed by atoms with Crippen LogP contribution in [0, 0.1) is 13.8 Å². The van der Waals surface area contributed by atoms with Crippen molar-refractivity contribution in [3.05, 3.63) is 50.1 Å². The normalized spacial score (nSPS) is 10.4. The van der Waals surface area contributed by atoms with Gasteiger partial charge in [-0.15, -0.1) is 11.3 Å². The van der Waals surface area contributed by atoms with Crippen LogP contribution in [0.1, 0.15) is 33.0 Å². The number of ketones is 1. The minimum Gasteiger partial charge on any atom is -0.456 e. The number of nitrogens with one attached hydrogen (secondary N) is 1. The molecule has 0 spiro atoms. The summed E-state index contributed by atoms with van der Waals surface area (Å²) in [6.07, 6.45) is 0.0250. The molecule has 1 amide bonds. The van der Waals surface area contributed by atoms with Crippen LogP contribution in [0.15, 0.2) is 34.8 Å². The van der Waals surface area contributed by atoms with Gasteiger partial charge in [-0.1, -0.05) is 12.1 Å². The van der Waals surface area contributed by atoms with E-state index in [-0.39, 0.29) is 25.2 Å². The molecule has 0 aliphatic rings. The molecule has 25 heavy (non-hydrogen) atoms. The summed E-state index contributed by atoms with van der Waals surface area (Å²) in [5.41, 5.74) is 1.25. The fourth-order valence-corrected chi connectivity index (χ4v) is 3.55. The summed E-state index contributed by atoms with van der Waals surface area (Å²) in [7, 11) is 0. The lowest BCUT2D eigenvalue weighted by Gasteiger charge is -2.08. The monoisotopic (exact) mass is 423 g/mol. The molecule has 1 aromatic heterocycles. The number of amides is 1. The SMILES string of the molecule is Cc1cc(C(=O)CCC(=O)OCC(=O)Nc2ccccc2Br)c(C)s1. The van der Waals surface area contributed by atoms with Gasteiger partial charge in [-0.05, 0) is 48.0 Å². The number of hydrogen-bond acceptors (Lipinski definition) is 5. The van der Waals surface area contributed by atoms with E-state index in [0.717, 1.165) is 14.2 Å². The van der Waals surface area contributed by atoms with E-state index in [4.69, 9.17) is 4.74 Å². The zero-order chi connectivity index (χ0) is 18.4. The first-order chi connectivity index (χ1) is 11.9. The molecule has 5 nitrogen and oxygen atoms in total. The second-order valence-corrected chi connectivity index (χ2v) is 7.75. The highest BCUT2D eigenvalue weighted by Gasteiger charge is 2.15. The van der Waals surface area contributed by atoms with Crippen molar-refractivity contribution in [3.63, 3.8) is 0 Å². The zero-order valence-corrected chi connectivity index (χ0v) is 16.3. The number of hydrogen-bond donors (Lipinski definition) is 1. The molecule has 1 heterocycles. The van der Waals surface area contributed by atoms with Gasteiger partial charge in [0.15, 0.2) is 12.4 Å². The topological polar surface area (TPSA) is 72.5 Å². The lowest BCUT2D eigenvalue weighted by molar-refractivity contribution is -0.147. The smallest absolute Gasteiger partial charge is 0.306 e. The Balaban J connectivity index is 1.75. The second-order valence-electron chi connectivity index (χ2n) is 5.44. The van der Waals surface area contributed by atoms with Gasteiger partial charge < -0.3 is 10.1 Å². The summed E-state index contributed by atoms with van der Waals surface area (Å²) >= 11 is 4.87. The Morgan fingerprint density at radius 2 is 1.88 bits per heavy atom. The van der Waals surface area contributed by atoms with Crippen LogP contribution in [0.3, 0.4) is 0 Å². The first-order valence-electron chi connectivity index (χ1n) is 7.67. The van der Waals surface area contributed by atoms with Gasteiger partial charge >= 0.3 is 5.97 Å². The maximum Gasteiger partial charge on any atom is 0.306 e. The number of carbonyl (C=O) groups is 3. The highest BCUT2D eigenvalue weighted by molar-refractivity contribution is 9.10. The molecule has 0 fully saturated rings. The molecular weight excluding hydrogens is 406 g/mol. The van der Waals surface area contributed by atoms with Crippen molar-refractivity contribution < 1.29 is 19.1 Å². The van der Waals surface area contributed by atoms with Gasteiger partial charge in [-0.3, -0.25) is 14.4 Å². The number of benzene rings is 1. The van der Waals surface area contributed by atoms with Gasteiger partial charge in [0, 0.05) is 26.2 Å². The first kappa shape index (κ1) is 19.3. The minimum atomic E-state index is -0.569. The Kier molecular flexibility index (Phi) is 6.90. The lowest BCUT2D eigenvalue weighted by Crippen LogP contribution is -2.21. The summed E-state index contributed by atoms with van der Waals surface area (Å²) in [4.78, 5) is 37.7. The molecule has 0 aliphatic carbocycles. The van der Waals surface area contributed by atoms with Crippen LogP contribution in [-0.2, 0) is 14.3 Å². The quantitative estimate of drug-likeness (QED) is 0.532. The van der Waals surface area contributed by atoms with Gasteiger partial charge in [0.05, 0.1) is 12.1 Å². The predicted molar refractivity (Wildman–Crippen MR) is 101 cm³/mol. The van der Waals surface area contributed by atoms with Crippen LogP contribution in [0.5, 0.6) is 0 Å². The number of ether oxygens (including phenoxy) is 1. The van der Waals surface area contributed by atoms with Crippen LogP contribution in [-0.4, -0.2) is 24.3 Å². The van der Waals surface area contributed by atoms with Gasteiger partial charge in [-0.25, -0.2) is 0 Å². The third-order valence-corrected chi connectivity index (χ3v) is 5.07. The molecule has 0 unspecified atom stereocenters. The maximum atomic E-state index is 12.1. The molecule has 7 heteroatoms. The fraction of sp³-hybridized carbons (Fsp3) is 0.278. The number of thiophene rings is 1. The van der Waals surface area contributed by atoms with Gasteiger partial charge in [0.2, 0.25) is 0 Å².